The molecule has 2 rings (SSSR count). The average Bonchev–Trinajstić information content (AvgIpc) is 2.90. The fraction of sp³-hybridized carbons (Fsp3) is 0.650. The number of fused-ring (bicyclic) bond motifs is 1. The molecule has 51 heavy (non-hydrogen) atoms. The van der Waals surface area contributed by atoms with Gasteiger partial charge in [0.25, 0.3) is 0 Å². The van der Waals surface area contributed by atoms with Crippen molar-refractivity contribution < 1.29 is 137 Å². The second kappa shape index (κ2) is 10.7. The standard InChI is InChI=1S/C20F30O/c21-4-1-2(5(22)6(23)3(4)8(24,18(42,43)44)19(45,46)47)10(26,27)11(28,29)9(25,7(1)51)12(30,31)13(32,33)14(34,35)15(36,37)16(38,39)17(40,41)20(48,49)50. The maximum absolute atomic E-state index is 15.3. The van der Waals surface area contributed by atoms with Crippen LogP contribution in [0.2, 0.25) is 0 Å². The molecule has 0 saturated carbocycles. The van der Waals surface area contributed by atoms with Crippen LogP contribution in [0.15, 0.2) is 0 Å². The number of hydrogen-bond donors (Lipinski definition) is 0. The van der Waals surface area contributed by atoms with Crippen LogP contribution in [0.3, 0.4) is 0 Å². The van der Waals surface area contributed by atoms with Gasteiger partial charge in [0.1, 0.15) is 5.82 Å². The first kappa shape index (κ1) is 44.0. The largest absolute Gasteiger partial charge is 0.460 e. The van der Waals surface area contributed by atoms with Gasteiger partial charge in [0.2, 0.25) is 5.78 Å². The molecule has 1 nitrogen and oxygen atoms in total. The van der Waals surface area contributed by atoms with Crippen LogP contribution in [0.5, 0.6) is 0 Å². The van der Waals surface area contributed by atoms with Crippen molar-refractivity contribution in [3.05, 3.63) is 34.1 Å². The summed E-state index contributed by atoms with van der Waals surface area (Å²) in [7, 11) is 0. The highest BCUT2D eigenvalue weighted by atomic mass is 19.4. The Morgan fingerprint density at radius 2 is 0.745 bits per heavy atom. The smallest absolute Gasteiger partial charge is 0.290 e. The number of ketones is 1. The van der Waals surface area contributed by atoms with Crippen LogP contribution in [-0.2, 0) is 11.6 Å². The lowest BCUT2D eigenvalue weighted by Gasteiger charge is -2.48. The number of Topliss-reactive ketones (excluding diaryl/α,β-unsaturated/α-hetero) is 1. The number of carbonyl (C=O) groups is 1. The molecule has 1 aliphatic rings. The van der Waals surface area contributed by atoms with E-state index in [9.17, 15) is 132 Å². The van der Waals surface area contributed by atoms with Crippen LogP contribution in [0.1, 0.15) is 21.5 Å². The van der Waals surface area contributed by atoms with Gasteiger partial charge in [-0.05, 0) is 0 Å². The zero-order valence-corrected chi connectivity index (χ0v) is 21.7. The predicted molar refractivity (Wildman–Crippen MR) is 94.0 cm³/mol. The highest BCUT2D eigenvalue weighted by molar-refractivity contribution is 6.07. The van der Waals surface area contributed by atoms with Crippen LogP contribution in [0.25, 0.3) is 0 Å². The quantitative estimate of drug-likeness (QED) is 0.198. The van der Waals surface area contributed by atoms with Crippen molar-refractivity contribution in [3.63, 3.8) is 0 Å². The Bertz CT molecular complexity index is 1570. The number of hydrogen-bond acceptors (Lipinski definition) is 1. The Hall–Kier alpha value is -3.21. The highest BCUT2D eigenvalue weighted by Gasteiger charge is 2.99. The summed E-state index contributed by atoms with van der Waals surface area (Å²) in [6.45, 7) is 0. The number of rotatable bonds is 7. The topological polar surface area (TPSA) is 17.1 Å². The summed E-state index contributed by atoms with van der Waals surface area (Å²) in [6.07, 6.45) is -24.4. The lowest BCUT2D eigenvalue weighted by Crippen LogP contribution is -2.80. The van der Waals surface area contributed by atoms with E-state index in [0.717, 1.165) is 0 Å². The molecule has 31 heteroatoms. The Balaban J connectivity index is 3.23. The summed E-state index contributed by atoms with van der Waals surface area (Å²) >= 11 is 0. The lowest BCUT2D eigenvalue weighted by molar-refractivity contribution is -0.462. The summed E-state index contributed by atoms with van der Waals surface area (Å²) in [5, 5.41) is 0. The molecule has 1 unspecified atom stereocenters. The molecule has 0 fully saturated rings. The number of alkyl halides is 27. The summed E-state index contributed by atoms with van der Waals surface area (Å²) in [6, 6.07) is 0. The van der Waals surface area contributed by atoms with Crippen molar-refractivity contribution in [1.82, 2.24) is 0 Å². The van der Waals surface area contributed by atoms with Crippen LogP contribution in [0.4, 0.5) is 132 Å². The number of halogens is 30. The lowest BCUT2D eigenvalue weighted by atomic mass is 9.68. The van der Waals surface area contributed by atoms with Crippen molar-refractivity contribution >= 4 is 5.78 Å². The monoisotopic (exact) mass is 826 g/mol. The molecule has 0 saturated heterocycles. The predicted octanol–water partition coefficient (Wildman–Crippen LogP) is 10.4. The van der Waals surface area contributed by atoms with Gasteiger partial charge in [-0.2, -0.15) is 110 Å². The van der Waals surface area contributed by atoms with Gasteiger partial charge < -0.3 is 0 Å². The molecule has 0 bridgehead atoms. The third-order valence-electron chi connectivity index (χ3n) is 6.89. The minimum atomic E-state index is -9.77. The molecule has 0 radical (unpaired) electrons. The van der Waals surface area contributed by atoms with E-state index in [1.807, 2.05) is 0 Å². The van der Waals surface area contributed by atoms with E-state index in [1.54, 1.807) is 0 Å². The first-order valence-electron chi connectivity index (χ1n) is 11.1. The van der Waals surface area contributed by atoms with E-state index in [0.29, 0.717) is 0 Å². The summed E-state index contributed by atoms with van der Waals surface area (Å²) < 4.78 is 412. The van der Waals surface area contributed by atoms with Gasteiger partial charge in [-0.15, -0.1) is 0 Å². The van der Waals surface area contributed by atoms with E-state index in [-0.39, 0.29) is 0 Å². The number of benzene rings is 1. The summed E-state index contributed by atoms with van der Waals surface area (Å²) in [4.78, 5) is 12.2. The number of carbonyl (C=O) groups excluding carboxylic acids is 1. The molecular weight excluding hydrogens is 826 g/mol. The average molecular weight is 826 g/mol. The fourth-order valence-corrected chi connectivity index (χ4v) is 4.13. The van der Waals surface area contributed by atoms with Gasteiger partial charge in [0, 0.05) is 0 Å². The van der Waals surface area contributed by atoms with Crippen LogP contribution < -0.4 is 0 Å². The third kappa shape index (κ3) is 4.67. The molecule has 296 valence electrons. The van der Waals surface area contributed by atoms with E-state index in [2.05, 4.69) is 0 Å². The van der Waals surface area contributed by atoms with Crippen molar-refractivity contribution in [3.8, 4) is 0 Å². The van der Waals surface area contributed by atoms with Crippen LogP contribution in [-0.4, -0.2) is 71.4 Å². The molecule has 0 N–H and O–H groups in total. The third-order valence-corrected chi connectivity index (χ3v) is 6.89. The molecule has 0 aliphatic heterocycles. The van der Waals surface area contributed by atoms with Crippen LogP contribution >= 0.6 is 0 Å². The molecule has 0 spiro atoms. The molecular formula is C20F30O. The van der Waals surface area contributed by atoms with Crippen molar-refractivity contribution in [2.24, 2.45) is 0 Å². The normalized spacial score (nSPS) is 21.6. The van der Waals surface area contributed by atoms with Gasteiger partial charge in [0.05, 0.1) is 16.7 Å². The molecule has 1 aromatic rings. The summed E-state index contributed by atoms with van der Waals surface area (Å²) in [5.41, 5.74) is -31.4. The van der Waals surface area contributed by atoms with E-state index >= 15 is 4.39 Å². The Labute approximate surface area is 255 Å². The van der Waals surface area contributed by atoms with Crippen molar-refractivity contribution in [2.75, 3.05) is 0 Å². The SMILES string of the molecule is O=C1c2c(F)c(C(F)(C(F)(F)F)C(F)(F)F)c(F)c(F)c2C(F)(F)C(F)(F)C1(F)C(F)(F)C(F)(F)C(F)(F)C(F)(F)C(F)(F)C(F)(F)C(F)(F)F. The summed E-state index contributed by atoms with van der Waals surface area (Å²) in [5.74, 6) is -93.7. The van der Waals surface area contributed by atoms with E-state index in [4.69, 9.17) is 0 Å². The minimum Gasteiger partial charge on any atom is -0.290 e. The second-order valence-corrected chi connectivity index (χ2v) is 9.80. The maximum Gasteiger partial charge on any atom is 0.460 e. The molecule has 1 aromatic carbocycles. The van der Waals surface area contributed by atoms with E-state index < -0.39 is 117 Å². The zero-order valence-electron chi connectivity index (χ0n) is 21.7. The first-order valence-corrected chi connectivity index (χ1v) is 11.1. The minimum absolute atomic E-state index is 4.62. The van der Waals surface area contributed by atoms with Gasteiger partial charge >= 0.3 is 77.2 Å². The van der Waals surface area contributed by atoms with Gasteiger partial charge in [-0.25, -0.2) is 22.0 Å². The molecule has 1 aliphatic carbocycles. The maximum atomic E-state index is 15.3. The first-order chi connectivity index (χ1) is 21.8. The molecule has 0 amide bonds. The van der Waals surface area contributed by atoms with E-state index in [1.165, 1.54) is 0 Å². The van der Waals surface area contributed by atoms with Gasteiger partial charge in [0.15, 0.2) is 11.6 Å². The highest BCUT2D eigenvalue weighted by Crippen LogP contribution is 2.69. The Morgan fingerprint density at radius 1 is 0.412 bits per heavy atom. The fourth-order valence-electron chi connectivity index (χ4n) is 4.13. The van der Waals surface area contributed by atoms with Crippen molar-refractivity contribution in [2.45, 2.75) is 77.2 Å². The van der Waals surface area contributed by atoms with Crippen molar-refractivity contribution in [1.29, 1.82) is 0 Å². The zero-order chi connectivity index (χ0) is 41.5. The van der Waals surface area contributed by atoms with Gasteiger partial charge in [-0.3, -0.25) is 4.79 Å². The van der Waals surface area contributed by atoms with Gasteiger partial charge in [-0.1, -0.05) is 0 Å². The molecule has 0 aromatic heterocycles. The van der Waals surface area contributed by atoms with Crippen LogP contribution in [0, 0.1) is 17.5 Å². The molecule has 1 atom stereocenters. The molecule has 0 heterocycles. The second-order valence-electron chi connectivity index (χ2n) is 9.80. The Morgan fingerprint density at radius 3 is 1.08 bits per heavy atom. The Kier molecular flexibility index (Phi) is 9.21.